The van der Waals surface area contributed by atoms with Crippen LogP contribution in [0.1, 0.15) is 13.3 Å². The molecule has 0 saturated carbocycles. The van der Waals surface area contributed by atoms with E-state index >= 15 is 0 Å². The Labute approximate surface area is 170 Å². The van der Waals surface area contributed by atoms with Crippen LogP contribution in [0.3, 0.4) is 0 Å². The number of amides is 1. The van der Waals surface area contributed by atoms with Crippen molar-refractivity contribution < 1.29 is 9.72 Å². The highest BCUT2D eigenvalue weighted by Crippen LogP contribution is 2.33. The van der Waals surface area contributed by atoms with Crippen molar-refractivity contribution in [2.24, 2.45) is 0 Å². The van der Waals surface area contributed by atoms with E-state index in [0.29, 0.717) is 41.3 Å². The first-order valence-electron chi connectivity index (χ1n) is 9.21. The highest BCUT2D eigenvalue weighted by atomic mass is 32.2. The van der Waals surface area contributed by atoms with E-state index in [0.717, 1.165) is 0 Å². The van der Waals surface area contributed by atoms with Gasteiger partial charge in [-0.05, 0) is 31.5 Å². The fourth-order valence-corrected chi connectivity index (χ4v) is 4.63. The van der Waals surface area contributed by atoms with E-state index in [1.165, 1.54) is 23.9 Å². The Kier molecular flexibility index (Phi) is 5.06. The minimum Gasteiger partial charge on any atom is -0.311 e. The summed E-state index contributed by atoms with van der Waals surface area (Å²) < 4.78 is 1.58. The van der Waals surface area contributed by atoms with Gasteiger partial charge in [0.2, 0.25) is 5.91 Å². The van der Waals surface area contributed by atoms with Crippen molar-refractivity contribution in [3.8, 4) is 0 Å². The van der Waals surface area contributed by atoms with Crippen molar-refractivity contribution >= 4 is 39.9 Å². The molecule has 0 aliphatic carbocycles. The standard InChI is InChI=1S/C20H18N4O4S/c1-2-22-18(25)15-8-3-4-9-16(15)21-20(22)29-17-10-11-23(19(17)26)13-6-5-7-14(12-13)24(27)28/h3-9,12,17H,2,10-11H2,1H3. The molecule has 4 rings (SSSR count). The molecule has 2 heterocycles. The third-order valence-corrected chi connectivity index (χ3v) is 6.14. The minimum absolute atomic E-state index is 0.0533. The molecule has 1 aliphatic heterocycles. The Morgan fingerprint density at radius 3 is 2.76 bits per heavy atom. The summed E-state index contributed by atoms with van der Waals surface area (Å²) in [6, 6.07) is 13.2. The number of thioether (sulfide) groups is 1. The number of para-hydroxylation sites is 1. The summed E-state index contributed by atoms with van der Waals surface area (Å²) in [6.07, 6.45) is 0.568. The highest BCUT2D eigenvalue weighted by molar-refractivity contribution is 8.00. The van der Waals surface area contributed by atoms with E-state index in [-0.39, 0.29) is 17.2 Å². The molecule has 3 aromatic rings. The number of hydrogen-bond acceptors (Lipinski definition) is 6. The summed E-state index contributed by atoms with van der Waals surface area (Å²) >= 11 is 1.28. The molecule has 29 heavy (non-hydrogen) atoms. The lowest BCUT2D eigenvalue weighted by atomic mass is 10.2. The number of aromatic nitrogens is 2. The molecule has 1 fully saturated rings. The van der Waals surface area contributed by atoms with Crippen molar-refractivity contribution in [3.05, 3.63) is 69.0 Å². The molecule has 9 heteroatoms. The van der Waals surface area contributed by atoms with Crippen LogP contribution in [0.2, 0.25) is 0 Å². The lowest BCUT2D eigenvalue weighted by Gasteiger charge is -2.17. The van der Waals surface area contributed by atoms with Gasteiger partial charge in [-0.1, -0.05) is 30.0 Å². The fourth-order valence-electron chi connectivity index (χ4n) is 3.44. The van der Waals surface area contributed by atoms with Gasteiger partial charge in [-0.25, -0.2) is 4.98 Å². The van der Waals surface area contributed by atoms with E-state index in [2.05, 4.69) is 4.98 Å². The summed E-state index contributed by atoms with van der Waals surface area (Å²) in [5, 5.41) is 11.7. The van der Waals surface area contributed by atoms with Crippen LogP contribution in [0.15, 0.2) is 58.5 Å². The van der Waals surface area contributed by atoms with Crippen LogP contribution >= 0.6 is 11.8 Å². The van der Waals surface area contributed by atoms with Crippen molar-refractivity contribution in [3.63, 3.8) is 0 Å². The van der Waals surface area contributed by atoms with Gasteiger partial charge >= 0.3 is 0 Å². The topological polar surface area (TPSA) is 98.3 Å². The molecular weight excluding hydrogens is 392 g/mol. The second kappa shape index (κ2) is 7.67. The van der Waals surface area contributed by atoms with Gasteiger partial charge in [0.25, 0.3) is 11.2 Å². The largest absolute Gasteiger partial charge is 0.311 e. The smallest absolute Gasteiger partial charge is 0.271 e. The van der Waals surface area contributed by atoms with Gasteiger partial charge in [0.1, 0.15) is 0 Å². The van der Waals surface area contributed by atoms with Gasteiger partial charge in [-0.2, -0.15) is 0 Å². The summed E-state index contributed by atoms with van der Waals surface area (Å²) in [5.41, 5.74) is 0.932. The van der Waals surface area contributed by atoms with E-state index in [1.54, 1.807) is 39.8 Å². The van der Waals surface area contributed by atoms with Crippen LogP contribution in [-0.4, -0.2) is 32.2 Å². The van der Waals surface area contributed by atoms with Crippen LogP contribution in [0.5, 0.6) is 0 Å². The number of hydrogen-bond donors (Lipinski definition) is 0. The van der Waals surface area contributed by atoms with Gasteiger partial charge in [0, 0.05) is 25.2 Å². The van der Waals surface area contributed by atoms with Gasteiger partial charge in [-0.15, -0.1) is 0 Å². The molecule has 1 aromatic heterocycles. The van der Waals surface area contributed by atoms with Gasteiger partial charge < -0.3 is 4.90 Å². The Bertz CT molecular complexity index is 1180. The second-order valence-corrected chi connectivity index (χ2v) is 7.79. The molecule has 0 spiro atoms. The van der Waals surface area contributed by atoms with Crippen LogP contribution < -0.4 is 10.5 Å². The summed E-state index contributed by atoms with van der Waals surface area (Å²) in [7, 11) is 0. The average Bonchev–Trinajstić information content (AvgIpc) is 3.08. The number of fused-ring (bicyclic) bond motifs is 1. The van der Waals surface area contributed by atoms with E-state index in [9.17, 15) is 19.7 Å². The van der Waals surface area contributed by atoms with E-state index in [1.807, 2.05) is 13.0 Å². The highest BCUT2D eigenvalue weighted by Gasteiger charge is 2.35. The third-order valence-electron chi connectivity index (χ3n) is 4.90. The summed E-state index contributed by atoms with van der Waals surface area (Å²) in [6.45, 7) is 2.78. The van der Waals surface area contributed by atoms with E-state index in [4.69, 9.17) is 0 Å². The lowest BCUT2D eigenvalue weighted by molar-refractivity contribution is -0.384. The number of non-ortho nitro benzene ring substituents is 1. The van der Waals surface area contributed by atoms with Crippen molar-refractivity contribution in [2.45, 2.75) is 30.3 Å². The summed E-state index contributed by atoms with van der Waals surface area (Å²) in [5.74, 6) is -0.138. The second-order valence-electron chi connectivity index (χ2n) is 6.62. The zero-order valence-electron chi connectivity index (χ0n) is 15.6. The first-order valence-corrected chi connectivity index (χ1v) is 10.1. The number of carbonyl (C=O) groups excluding carboxylic acids is 1. The third kappa shape index (κ3) is 3.49. The monoisotopic (exact) mass is 410 g/mol. The molecule has 1 atom stereocenters. The normalized spacial score (nSPS) is 16.5. The van der Waals surface area contributed by atoms with E-state index < -0.39 is 10.2 Å². The maximum Gasteiger partial charge on any atom is 0.271 e. The maximum atomic E-state index is 13.0. The number of benzene rings is 2. The Morgan fingerprint density at radius 2 is 2.00 bits per heavy atom. The molecule has 2 aromatic carbocycles. The van der Waals surface area contributed by atoms with Crippen molar-refractivity contribution in [1.29, 1.82) is 0 Å². The summed E-state index contributed by atoms with van der Waals surface area (Å²) in [4.78, 5) is 42.4. The molecule has 148 valence electrons. The van der Waals surface area contributed by atoms with Gasteiger partial charge in [-0.3, -0.25) is 24.3 Å². The predicted molar refractivity (Wildman–Crippen MR) is 111 cm³/mol. The number of nitro benzene ring substituents is 1. The Morgan fingerprint density at radius 1 is 1.21 bits per heavy atom. The molecule has 0 bridgehead atoms. The SMILES string of the molecule is CCn1c(SC2CCN(c3cccc([N+](=O)[O-])c3)C2=O)nc2ccccc2c1=O. The van der Waals surface area contributed by atoms with Crippen molar-refractivity contribution in [1.82, 2.24) is 9.55 Å². The zero-order valence-corrected chi connectivity index (χ0v) is 16.5. The average molecular weight is 410 g/mol. The lowest BCUT2D eigenvalue weighted by Crippen LogP contribution is -2.29. The van der Waals surface area contributed by atoms with Crippen LogP contribution in [-0.2, 0) is 11.3 Å². The van der Waals surface area contributed by atoms with Crippen molar-refractivity contribution in [2.75, 3.05) is 11.4 Å². The fraction of sp³-hybridized carbons (Fsp3) is 0.250. The number of rotatable bonds is 5. The predicted octanol–water partition coefficient (Wildman–Crippen LogP) is 3.22. The number of carbonyl (C=O) groups is 1. The molecule has 0 N–H and O–H groups in total. The van der Waals surface area contributed by atoms with Crippen LogP contribution in [0.25, 0.3) is 10.9 Å². The molecule has 0 radical (unpaired) electrons. The Balaban J connectivity index is 1.63. The van der Waals surface area contributed by atoms with Crippen LogP contribution in [0.4, 0.5) is 11.4 Å². The molecule has 1 amide bonds. The molecule has 1 aliphatic rings. The molecule has 1 saturated heterocycles. The Hall–Kier alpha value is -3.20. The molecular formula is C20H18N4O4S. The maximum absolute atomic E-state index is 13.0. The number of nitro groups is 1. The quantitative estimate of drug-likeness (QED) is 0.364. The first kappa shape index (κ1) is 19.1. The molecule has 8 nitrogen and oxygen atoms in total. The van der Waals surface area contributed by atoms with Crippen LogP contribution in [0, 0.1) is 10.1 Å². The first-order chi connectivity index (χ1) is 14.0. The number of nitrogens with zero attached hydrogens (tertiary/aromatic N) is 4. The van der Waals surface area contributed by atoms with Gasteiger partial charge in [0.15, 0.2) is 5.16 Å². The number of anilines is 1. The minimum atomic E-state index is -0.477. The molecule has 1 unspecified atom stereocenters. The van der Waals surface area contributed by atoms with Gasteiger partial charge in [0.05, 0.1) is 26.8 Å². The zero-order chi connectivity index (χ0) is 20.5.